The van der Waals surface area contributed by atoms with Crippen LogP contribution in [0, 0.1) is 0 Å². The van der Waals surface area contributed by atoms with E-state index >= 15 is 0 Å². The molecule has 9 nitrogen and oxygen atoms in total. The molecule has 0 spiro atoms. The van der Waals surface area contributed by atoms with E-state index in [0.29, 0.717) is 44.3 Å². The number of anilines is 1. The minimum Gasteiger partial charge on any atom is -0.486 e. The molecule has 0 bridgehead atoms. The number of ether oxygens (including phenoxy) is 3. The molecule has 9 heteroatoms. The van der Waals surface area contributed by atoms with Crippen molar-refractivity contribution in [2.24, 2.45) is 0 Å². The van der Waals surface area contributed by atoms with Crippen LogP contribution in [-0.2, 0) is 9.53 Å². The predicted octanol–water partition coefficient (Wildman–Crippen LogP) is 0.538. The molecular weight excluding hydrogens is 376 g/mol. The molecule has 0 unspecified atom stereocenters. The fraction of sp³-hybridized carbons (Fsp3) is 0.600. The standard InChI is InChI=1S/C20H28N4O5/c25-19(21-4-1-5-22-8-10-27-11-9-22)15-23-6-7-24(20(23)26)16-2-3-17-18(14-16)29-13-12-28-17/h2-3,14H,1,4-13,15H2,(H,21,25). The highest BCUT2D eigenvalue weighted by Gasteiger charge is 2.31. The molecule has 3 heterocycles. The summed E-state index contributed by atoms with van der Waals surface area (Å²) in [6.07, 6.45) is 0.892. The lowest BCUT2D eigenvalue weighted by Crippen LogP contribution is -2.41. The van der Waals surface area contributed by atoms with Crippen molar-refractivity contribution >= 4 is 17.6 Å². The lowest BCUT2D eigenvalue weighted by Gasteiger charge is -2.26. The van der Waals surface area contributed by atoms with Crippen LogP contribution in [0.2, 0.25) is 0 Å². The van der Waals surface area contributed by atoms with Crippen LogP contribution in [0.1, 0.15) is 6.42 Å². The van der Waals surface area contributed by atoms with Gasteiger partial charge in [-0.25, -0.2) is 4.79 Å². The topological polar surface area (TPSA) is 83.6 Å². The van der Waals surface area contributed by atoms with Crippen LogP contribution in [0.5, 0.6) is 11.5 Å². The number of rotatable bonds is 7. The normalized spacial score (nSPS) is 19.5. The average Bonchev–Trinajstić information content (AvgIpc) is 3.11. The van der Waals surface area contributed by atoms with Gasteiger partial charge in [-0.1, -0.05) is 0 Å². The van der Waals surface area contributed by atoms with Crippen LogP contribution in [0.15, 0.2) is 18.2 Å². The van der Waals surface area contributed by atoms with Gasteiger partial charge in [0.1, 0.15) is 19.8 Å². The van der Waals surface area contributed by atoms with Crippen molar-refractivity contribution in [2.75, 3.05) is 77.1 Å². The first-order valence-electron chi connectivity index (χ1n) is 10.2. The number of hydrogen-bond acceptors (Lipinski definition) is 6. The Morgan fingerprint density at radius 2 is 1.79 bits per heavy atom. The van der Waals surface area contributed by atoms with E-state index in [-0.39, 0.29) is 18.5 Å². The van der Waals surface area contributed by atoms with E-state index in [1.54, 1.807) is 9.80 Å². The first kappa shape index (κ1) is 19.8. The van der Waals surface area contributed by atoms with Gasteiger partial charge in [0.05, 0.1) is 13.2 Å². The van der Waals surface area contributed by atoms with Crippen molar-refractivity contribution < 1.29 is 23.8 Å². The molecule has 0 atom stereocenters. The Balaban J connectivity index is 1.22. The molecule has 3 amide bonds. The molecule has 3 aliphatic rings. The number of nitrogens with zero attached hydrogens (tertiary/aromatic N) is 3. The van der Waals surface area contributed by atoms with Crippen molar-refractivity contribution in [3.63, 3.8) is 0 Å². The van der Waals surface area contributed by atoms with Gasteiger partial charge >= 0.3 is 6.03 Å². The molecule has 1 aromatic carbocycles. The Morgan fingerprint density at radius 1 is 1.00 bits per heavy atom. The van der Waals surface area contributed by atoms with Gasteiger partial charge in [-0.3, -0.25) is 14.6 Å². The zero-order chi connectivity index (χ0) is 20.1. The van der Waals surface area contributed by atoms with Crippen molar-refractivity contribution in [1.29, 1.82) is 0 Å². The molecular formula is C20H28N4O5. The van der Waals surface area contributed by atoms with E-state index < -0.39 is 0 Å². The van der Waals surface area contributed by atoms with Crippen molar-refractivity contribution in [2.45, 2.75) is 6.42 Å². The molecule has 1 N–H and O–H groups in total. The van der Waals surface area contributed by atoms with Crippen LogP contribution >= 0.6 is 0 Å². The van der Waals surface area contributed by atoms with Gasteiger partial charge in [0.2, 0.25) is 5.91 Å². The first-order valence-corrected chi connectivity index (χ1v) is 10.2. The van der Waals surface area contributed by atoms with Crippen LogP contribution in [-0.4, -0.2) is 94.0 Å². The SMILES string of the molecule is O=C(CN1CCN(c2ccc3c(c2)OCCO3)C1=O)NCCCN1CCOCC1. The third kappa shape index (κ3) is 4.91. The molecule has 0 radical (unpaired) electrons. The van der Waals surface area contributed by atoms with Crippen molar-refractivity contribution in [1.82, 2.24) is 15.1 Å². The summed E-state index contributed by atoms with van der Waals surface area (Å²) >= 11 is 0. The number of benzene rings is 1. The largest absolute Gasteiger partial charge is 0.486 e. The van der Waals surface area contributed by atoms with E-state index in [1.807, 2.05) is 18.2 Å². The van der Waals surface area contributed by atoms with E-state index in [2.05, 4.69) is 10.2 Å². The molecule has 3 aliphatic heterocycles. The van der Waals surface area contributed by atoms with Gasteiger partial charge in [-0.05, 0) is 25.1 Å². The van der Waals surface area contributed by atoms with Gasteiger partial charge in [0.15, 0.2) is 11.5 Å². The van der Waals surface area contributed by atoms with Crippen molar-refractivity contribution in [3.05, 3.63) is 18.2 Å². The number of nitrogens with one attached hydrogen (secondary N) is 1. The monoisotopic (exact) mass is 404 g/mol. The van der Waals surface area contributed by atoms with Gasteiger partial charge in [-0.2, -0.15) is 0 Å². The summed E-state index contributed by atoms with van der Waals surface area (Å²) in [6.45, 7) is 7.21. The van der Waals surface area contributed by atoms with Crippen molar-refractivity contribution in [3.8, 4) is 11.5 Å². The summed E-state index contributed by atoms with van der Waals surface area (Å²) in [5, 5.41) is 2.92. The lowest BCUT2D eigenvalue weighted by molar-refractivity contribution is -0.121. The second kappa shape index (κ2) is 9.32. The predicted molar refractivity (Wildman–Crippen MR) is 107 cm³/mol. The Morgan fingerprint density at radius 3 is 2.62 bits per heavy atom. The molecule has 29 heavy (non-hydrogen) atoms. The highest BCUT2D eigenvalue weighted by atomic mass is 16.6. The minimum absolute atomic E-state index is 0.0808. The molecule has 0 aliphatic carbocycles. The fourth-order valence-electron chi connectivity index (χ4n) is 3.75. The number of hydrogen-bond donors (Lipinski definition) is 1. The molecule has 0 aromatic heterocycles. The minimum atomic E-state index is -0.162. The summed E-state index contributed by atoms with van der Waals surface area (Å²) in [6, 6.07) is 5.33. The highest BCUT2D eigenvalue weighted by Crippen LogP contribution is 2.34. The molecule has 2 saturated heterocycles. The molecule has 4 rings (SSSR count). The Bertz CT molecular complexity index is 738. The Kier molecular flexibility index (Phi) is 6.36. The average molecular weight is 404 g/mol. The van der Waals surface area contributed by atoms with Crippen LogP contribution in [0.25, 0.3) is 0 Å². The number of urea groups is 1. The second-order valence-corrected chi connectivity index (χ2v) is 7.34. The maximum Gasteiger partial charge on any atom is 0.325 e. The van der Waals surface area contributed by atoms with E-state index in [4.69, 9.17) is 14.2 Å². The number of morpholine rings is 1. The molecule has 0 saturated carbocycles. The van der Waals surface area contributed by atoms with Crippen LogP contribution < -0.4 is 19.7 Å². The third-order valence-electron chi connectivity index (χ3n) is 5.34. The molecule has 2 fully saturated rings. The van der Waals surface area contributed by atoms with Gasteiger partial charge < -0.3 is 24.4 Å². The number of carbonyl (C=O) groups excluding carboxylic acids is 2. The fourth-order valence-corrected chi connectivity index (χ4v) is 3.75. The smallest absolute Gasteiger partial charge is 0.325 e. The third-order valence-corrected chi connectivity index (χ3v) is 5.34. The van der Waals surface area contributed by atoms with E-state index in [1.165, 1.54) is 0 Å². The second-order valence-electron chi connectivity index (χ2n) is 7.34. The van der Waals surface area contributed by atoms with Crippen LogP contribution in [0.3, 0.4) is 0 Å². The summed E-state index contributed by atoms with van der Waals surface area (Å²) < 4.78 is 16.5. The highest BCUT2D eigenvalue weighted by molar-refractivity contribution is 5.96. The maximum absolute atomic E-state index is 12.7. The Labute approximate surface area is 170 Å². The molecule has 1 aromatic rings. The zero-order valence-electron chi connectivity index (χ0n) is 16.6. The lowest BCUT2D eigenvalue weighted by atomic mass is 10.2. The zero-order valence-corrected chi connectivity index (χ0v) is 16.6. The van der Waals surface area contributed by atoms with Gasteiger partial charge in [0.25, 0.3) is 0 Å². The number of fused-ring (bicyclic) bond motifs is 1. The summed E-state index contributed by atoms with van der Waals surface area (Å²) in [7, 11) is 0. The summed E-state index contributed by atoms with van der Waals surface area (Å²) in [5.74, 6) is 1.22. The first-order chi connectivity index (χ1) is 14.2. The molecule has 158 valence electrons. The van der Waals surface area contributed by atoms with E-state index in [9.17, 15) is 9.59 Å². The van der Waals surface area contributed by atoms with Gasteiger partial charge in [-0.15, -0.1) is 0 Å². The number of carbonyl (C=O) groups is 2. The Hall–Kier alpha value is -2.52. The maximum atomic E-state index is 12.7. The van der Waals surface area contributed by atoms with E-state index in [0.717, 1.165) is 45.0 Å². The summed E-state index contributed by atoms with van der Waals surface area (Å²) in [4.78, 5) is 30.6. The number of amides is 3. The van der Waals surface area contributed by atoms with Crippen LogP contribution in [0.4, 0.5) is 10.5 Å². The summed E-state index contributed by atoms with van der Waals surface area (Å²) in [5.41, 5.74) is 0.757. The quantitative estimate of drug-likeness (QED) is 0.668. The van der Waals surface area contributed by atoms with Gasteiger partial charge in [0, 0.05) is 44.5 Å².